The number of fused-ring (bicyclic) bond motifs is 1. The molecule has 4 nitrogen and oxygen atoms in total. The fraction of sp³-hybridized carbons (Fsp3) is 0.222. The van der Waals surface area contributed by atoms with Gasteiger partial charge in [-0.05, 0) is 67.1 Å². The van der Waals surface area contributed by atoms with Crippen LogP contribution in [0.5, 0.6) is 0 Å². The van der Waals surface area contributed by atoms with E-state index in [2.05, 4.69) is 27.6 Å². The number of carbonyl (C=O) groups is 1. The van der Waals surface area contributed by atoms with Gasteiger partial charge in [-0.1, -0.05) is 0 Å². The summed E-state index contributed by atoms with van der Waals surface area (Å²) in [6, 6.07) is 4.92. The molecule has 0 radical (unpaired) electrons. The maximum Gasteiger partial charge on any atom is 0.419 e. The number of carbonyl (C=O) groups excluding carboxylic acids is 1. The van der Waals surface area contributed by atoms with E-state index in [0.717, 1.165) is 9.64 Å². The minimum absolute atomic E-state index is 0.346. The second-order valence-electron chi connectivity index (χ2n) is 6.58. The fourth-order valence-corrected chi connectivity index (χ4v) is 3.10. The molecule has 1 aromatic carbocycles. The van der Waals surface area contributed by atoms with Crippen molar-refractivity contribution in [1.82, 2.24) is 9.55 Å². The number of rotatable bonds is 1. The van der Waals surface area contributed by atoms with E-state index in [4.69, 9.17) is 4.74 Å². The summed E-state index contributed by atoms with van der Waals surface area (Å²) >= 11 is 2.08. The Morgan fingerprint density at radius 1 is 1.12 bits per heavy atom. The van der Waals surface area contributed by atoms with E-state index in [1.165, 1.54) is 22.9 Å². The molecular formula is C18H15F2IN2O2. The van der Waals surface area contributed by atoms with Crippen molar-refractivity contribution in [3.8, 4) is 11.1 Å². The van der Waals surface area contributed by atoms with Gasteiger partial charge in [0.15, 0.2) is 0 Å². The number of aromatic nitrogens is 2. The maximum atomic E-state index is 13.5. The van der Waals surface area contributed by atoms with Crippen LogP contribution < -0.4 is 0 Å². The number of halogens is 3. The molecule has 0 atom stereocenters. The Kier molecular flexibility index (Phi) is 4.52. The first-order valence-corrected chi connectivity index (χ1v) is 8.58. The number of pyridine rings is 1. The van der Waals surface area contributed by atoms with Crippen molar-refractivity contribution in [1.29, 1.82) is 0 Å². The third kappa shape index (κ3) is 3.81. The summed E-state index contributed by atoms with van der Waals surface area (Å²) in [6.45, 7) is 5.34. The summed E-state index contributed by atoms with van der Waals surface area (Å²) in [5.74, 6) is -1.35. The van der Waals surface area contributed by atoms with Crippen LogP contribution in [0.15, 0.2) is 36.7 Å². The number of hydrogen-bond donors (Lipinski definition) is 0. The topological polar surface area (TPSA) is 44.1 Å². The van der Waals surface area contributed by atoms with Gasteiger partial charge in [0.2, 0.25) is 0 Å². The van der Waals surface area contributed by atoms with Gasteiger partial charge < -0.3 is 4.74 Å². The van der Waals surface area contributed by atoms with Gasteiger partial charge >= 0.3 is 6.09 Å². The second kappa shape index (κ2) is 6.36. The molecule has 0 saturated heterocycles. The molecule has 0 saturated carbocycles. The van der Waals surface area contributed by atoms with Crippen LogP contribution in [0.1, 0.15) is 20.8 Å². The van der Waals surface area contributed by atoms with Gasteiger partial charge in [-0.25, -0.2) is 18.1 Å². The lowest BCUT2D eigenvalue weighted by Crippen LogP contribution is -2.26. The van der Waals surface area contributed by atoms with Crippen LogP contribution in [-0.2, 0) is 4.74 Å². The largest absolute Gasteiger partial charge is 0.443 e. The average molecular weight is 456 g/mol. The van der Waals surface area contributed by atoms with Gasteiger partial charge in [-0.3, -0.25) is 4.98 Å². The van der Waals surface area contributed by atoms with Crippen LogP contribution in [0, 0.1) is 15.2 Å². The first-order chi connectivity index (χ1) is 11.6. The van der Waals surface area contributed by atoms with Crippen molar-refractivity contribution in [3.63, 3.8) is 0 Å². The molecule has 0 amide bonds. The average Bonchev–Trinajstić information content (AvgIpc) is 2.81. The minimum Gasteiger partial charge on any atom is -0.443 e. The van der Waals surface area contributed by atoms with Crippen molar-refractivity contribution in [2.45, 2.75) is 26.4 Å². The zero-order valence-corrected chi connectivity index (χ0v) is 16.0. The maximum absolute atomic E-state index is 13.5. The molecule has 0 spiro atoms. The summed E-state index contributed by atoms with van der Waals surface area (Å²) < 4.78 is 34.5. The Morgan fingerprint density at radius 3 is 2.36 bits per heavy atom. The van der Waals surface area contributed by atoms with Gasteiger partial charge in [0, 0.05) is 24.0 Å². The van der Waals surface area contributed by atoms with Crippen molar-refractivity contribution in [3.05, 3.63) is 51.9 Å². The molecule has 25 heavy (non-hydrogen) atoms. The molecule has 0 aliphatic rings. The van der Waals surface area contributed by atoms with Crippen LogP contribution in [0.2, 0.25) is 0 Å². The number of nitrogens with zero attached hydrogens (tertiary/aromatic N) is 2. The third-order valence-electron chi connectivity index (χ3n) is 3.38. The molecule has 2 heterocycles. The lowest BCUT2D eigenvalue weighted by atomic mass is 10.1. The van der Waals surface area contributed by atoms with E-state index >= 15 is 0 Å². The predicted molar refractivity (Wildman–Crippen MR) is 99.4 cm³/mol. The fourth-order valence-electron chi connectivity index (χ4n) is 2.41. The smallest absolute Gasteiger partial charge is 0.419 e. The van der Waals surface area contributed by atoms with E-state index in [9.17, 15) is 13.6 Å². The van der Waals surface area contributed by atoms with Crippen LogP contribution in [0.25, 0.3) is 22.2 Å². The lowest BCUT2D eigenvalue weighted by molar-refractivity contribution is 0.0544. The molecule has 0 aliphatic carbocycles. The summed E-state index contributed by atoms with van der Waals surface area (Å²) in [5, 5.41) is 0. The molecule has 130 valence electrons. The summed E-state index contributed by atoms with van der Waals surface area (Å²) in [6.07, 6.45) is 2.62. The highest BCUT2D eigenvalue weighted by Crippen LogP contribution is 2.28. The van der Waals surface area contributed by atoms with Gasteiger partial charge in [0.05, 0.1) is 9.09 Å². The molecule has 7 heteroatoms. The van der Waals surface area contributed by atoms with E-state index in [-0.39, 0.29) is 0 Å². The standard InChI is InChI=1S/C18H15F2IN2O2/c1-18(2,3)25-17(24)23-9-14(21)16-15(23)6-11(8-22-16)10-4-12(19)7-13(20)5-10/h4-9H,1-3H3. The summed E-state index contributed by atoms with van der Waals surface area (Å²) in [7, 11) is 0. The Labute approximate surface area is 157 Å². The quantitative estimate of drug-likeness (QED) is 0.463. The first-order valence-electron chi connectivity index (χ1n) is 7.50. The monoisotopic (exact) mass is 456 g/mol. The Balaban J connectivity index is 2.13. The SMILES string of the molecule is CC(C)(C)OC(=O)n1cc(I)c2ncc(-c3cc(F)cc(F)c3)cc21. The van der Waals surface area contributed by atoms with E-state index in [1.807, 2.05) is 0 Å². The molecule has 3 rings (SSSR count). The number of ether oxygens (including phenoxy) is 1. The van der Waals surface area contributed by atoms with Crippen LogP contribution in [0.4, 0.5) is 13.6 Å². The van der Waals surface area contributed by atoms with Gasteiger partial charge in [0.25, 0.3) is 0 Å². The van der Waals surface area contributed by atoms with Crippen molar-refractivity contribution >= 4 is 39.7 Å². The van der Waals surface area contributed by atoms with Crippen LogP contribution >= 0.6 is 22.6 Å². The molecule has 2 aromatic heterocycles. The Morgan fingerprint density at radius 2 is 1.76 bits per heavy atom. The highest BCUT2D eigenvalue weighted by molar-refractivity contribution is 14.1. The van der Waals surface area contributed by atoms with Crippen molar-refractivity contribution in [2.75, 3.05) is 0 Å². The van der Waals surface area contributed by atoms with Crippen molar-refractivity contribution in [2.24, 2.45) is 0 Å². The zero-order chi connectivity index (χ0) is 18.4. The minimum atomic E-state index is -0.674. The number of hydrogen-bond acceptors (Lipinski definition) is 3. The highest BCUT2D eigenvalue weighted by atomic mass is 127. The van der Waals surface area contributed by atoms with Gasteiger partial charge in [0.1, 0.15) is 22.8 Å². The normalized spacial score (nSPS) is 11.8. The molecule has 3 aromatic rings. The molecule has 0 aliphatic heterocycles. The highest BCUT2D eigenvalue weighted by Gasteiger charge is 2.21. The summed E-state index contributed by atoms with van der Waals surface area (Å²) in [4.78, 5) is 16.8. The van der Waals surface area contributed by atoms with E-state index in [1.54, 1.807) is 33.0 Å². The van der Waals surface area contributed by atoms with Crippen LogP contribution in [0.3, 0.4) is 0 Å². The van der Waals surface area contributed by atoms with E-state index < -0.39 is 23.3 Å². The van der Waals surface area contributed by atoms with E-state index in [0.29, 0.717) is 22.2 Å². The zero-order valence-electron chi connectivity index (χ0n) is 13.8. The number of benzene rings is 1. The Bertz CT molecular complexity index is 957. The molecule has 0 N–H and O–H groups in total. The first kappa shape index (κ1) is 17.8. The Hall–Kier alpha value is -2.03. The van der Waals surface area contributed by atoms with Crippen LogP contribution in [-0.4, -0.2) is 21.2 Å². The summed E-state index contributed by atoms with van der Waals surface area (Å²) in [5.41, 5.74) is 1.34. The molecule has 0 bridgehead atoms. The lowest BCUT2D eigenvalue weighted by Gasteiger charge is -2.19. The van der Waals surface area contributed by atoms with Gasteiger partial charge in [-0.2, -0.15) is 0 Å². The predicted octanol–water partition coefficient (Wildman–Crippen LogP) is 5.37. The third-order valence-corrected chi connectivity index (χ3v) is 4.17. The second-order valence-corrected chi connectivity index (χ2v) is 7.74. The molecule has 0 unspecified atom stereocenters. The molecule has 0 fully saturated rings. The van der Waals surface area contributed by atoms with Crippen molar-refractivity contribution < 1.29 is 18.3 Å². The molecular weight excluding hydrogens is 441 g/mol. The van der Waals surface area contributed by atoms with Gasteiger partial charge in [-0.15, -0.1) is 0 Å².